The molecule has 0 atom stereocenters. The zero-order valence-corrected chi connectivity index (χ0v) is 25.3. The second-order valence-corrected chi connectivity index (χ2v) is 12.1. The van der Waals surface area contributed by atoms with Crippen LogP contribution < -0.4 is 0 Å². The highest BCUT2D eigenvalue weighted by atomic mass is 14.2. The summed E-state index contributed by atoms with van der Waals surface area (Å²) in [5.41, 5.74) is 9.95. The summed E-state index contributed by atoms with van der Waals surface area (Å²) in [5, 5.41) is 10.2. The molecule has 0 unspecified atom stereocenters. The van der Waals surface area contributed by atoms with Gasteiger partial charge in [-0.3, -0.25) is 0 Å². The second-order valence-electron chi connectivity index (χ2n) is 12.1. The van der Waals surface area contributed by atoms with Crippen LogP contribution in [0.25, 0.3) is 87.6 Å². The molecular formula is C46H30. The Morgan fingerprint density at radius 3 is 1.22 bits per heavy atom. The first-order valence-corrected chi connectivity index (χ1v) is 15.9. The standard InChI is InChI=1S/C46H30/c1-3-13-31(14-4-1)38-28-27-36(30-43(38)32-15-5-2-6-16-32)46-41-21-11-9-19-39(41)45(40-20-10-12-22-42(40)46)35-26-25-34-24-23-33-17-7-8-18-37(33)44(34)29-35/h1-30H. The SMILES string of the molecule is c1ccc(-c2ccc(-c3c4ccccc4c(-c4ccc5ccc6ccccc6c5c4)c4ccccc34)cc2-c2ccccc2)cc1. The molecule has 0 amide bonds. The van der Waals surface area contributed by atoms with Gasteiger partial charge in [0.1, 0.15) is 0 Å². The number of hydrogen-bond donors (Lipinski definition) is 0. The molecule has 0 saturated heterocycles. The van der Waals surface area contributed by atoms with Crippen molar-refractivity contribution >= 4 is 43.1 Å². The normalized spacial score (nSPS) is 11.5. The Morgan fingerprint density at radius 1 is 0.217 bits per heavy atom. The van der Waals surface area contributed by atoms with Crippen LogP contribution >= 0.6 is 0 Å². The van der Waals surface area contributed by atoms with E-state index in [9.17, 15) is 0 Å². The van der Waals surface area contributed by atoms with Gasteiger partial charge in [-0.1, -0.05) is 170 Å². The third-order valence-corrected chi connectivity index (χ3v) is 9.44. The van der Waals surface area contributed by atoms with Gasteiger partial charge in [-0.2, -0.15) is 0 Å². The van der Waals surface area contributed by atoms with Gasteiger partial charge in [-0.05, 0) is 99.7 Å². The highest BCUT2D eigenvalue weighted by molar-refractivity contribution is 6.22. The Labute approximate surface area is 268 Å². The van der Waals surface area contributed by atoms with Gasteiger partial charge < -0.3 is 0 Å². The minimum absolute atomic E-state index is 1.22. The fourth-order valence-corrected chi connectivity index (χ4v) is 7.33. The summed E-state index contributed by atoms with van der Waals surface area (Å²) in [6.45, 7) is 0. The molecule has 0 nitrogen and oxygen atoms in total. The molecule has 0 spiro atoms. The van der Waals surface area contributed by atoms with Gasteiger partial charge in [-0.25, -0.2) is 0 Å². The van der Waals surface area contributed by atoms with Crippen LogP contribution in [0.4, 0.5) is 0 Å². The number of benzene rings is 9. The first kappa shape index (κ1) is 26.4. The fourth-order valence-electron chi connectivity index (χ4n) is 7.33. The number of rotatable bonds is 4. The molecule has 0 radical (unpaired) electrons. The van der Waals surface area contributed by atoms with Crippen molar-refractivity contribution in [2.45, 2.75) is 0 Å². The van der Waals surface area contributed by atoms with Gasteiger partial charge in [0.2, 0.25) is 0 Å². The summed E-state index contributed by atoms with van der Waals surface area (Å²) in [6, 6.07) is 66.5. The molecule has 0 N–H and O–H groups in total. The Balaban J connectivity index is 1.34. The van der Waals surface area contributed by atoms with Crippen molar-refractivity contribution in [1.29, 1.82) is 0 Å². The second kappa shape index (κ2) is 10.9. The van der Waals surface area contributed by atoms with Crippen molar-refractivity contribution in [1.82, 2.24) is 0 Å². The van der Waals surface area contributed by atoms with Crippen LogP contribution in [0.15, 0.2) is 182 Å². The Kier molecular flexibility index (Phi) is 6.25. The summed E-state index contributed by atoms with van der Waals surface area (Å²) >= 11 is 0. The molecule has 9 aromatic carbocycles. The Bertz CT molecular complexity index is 2500. The summed E-state index contributed by atoms with van der Waals surface area (Å²) in [4.78, 5) is 0. The first-order valence-electron chi connectivity index (χ1n) is 15.9. The van der Waals surface area contributed by atoms with E-state index in [2.05, 4.69) is 182 Å². The van der Waals surface area contributed by atoms with E-state index in [-0.39, 0.29) is 0 Å². The molecule has 0 heteroatoms. The molecule has 46 heavy (non-hydrogen) atoms. The zero-order chi connectivity index (χ0) is 30.5. The Morgan fingerprint density at radius 2 is 0.630 bits per heavy atom. The van der Waals surface area contributed by atoms with Crippen LogP contribution in [0, 0.1) is 0 Å². The molecule has 214 valence electrons. The van der Waals surface area contributed by atoms with Crippen molar-refractivity contribution in [3.63, 3.8) is 0 Å². The van der Waals surface area contributed by atoms with E-state index in [4.69, 9.17) is 0 Å². The van der Waals surface area contributed by atoms with Crippen molar-refractivity contribution in [2.24, 2.45) is 0 Å². The van der Waals surface area contributed by atoms with E-state index in [0.29, 0.717) is 0 Å². The Hall–Kier alpha value is -5.98. The lowest BCUT2D eigenvalue weighted by Crippen LogP contribution is -1.92. The average molecular weight is 583 g/mol. The predicted molar refractivity (Wildman–Crippen MR) is 198 cm³/mol. The van der Waals surface area contributed by atoms with Crippen molar-refractivity contribution in [3.8, 4) is 44.5 Å². The van der Waals surface area contributed by atoms with Crippen LogP contribution in [0.2, 0.25) is 0 Å². The van der Waals surface area contributed by atoms with Crippen LogP contribution in [0.1, 0.15) is 0 Å². The van der Waals surface area contributed by atoms with Crippen molar-refractivity contribution in [3.05, 3.63) is 182 Å². The molecule has 0 aliphatic heterocycles. The summed E-state index contributed by atoms with van der Waals surface area (Å²) in [5.74, 6) is 0. The summed E-state index contributed by atoms with van der Waals surface area (Å²) < 4.78 is 0. The molecular weight excluding hydrogens is 553 g/mol. The van der Waals surface area contributed by atoms with Crippen LogP contribution in [0.5, 0.6) is 0 Å². The summed E-state index contributed by atoms with van der Waals surface area (Å²) in [7, 11) is 0. The maximum Gasteiger partial charge on any atom is -0.00261 e. The number of hydrogen-bond acceptors (Lipinski definition) is 0. The quantitative estimate of drug-likeness (QED) is 0.143. The predicted octanol–water partition coefficient (Wildman–Crippen LogP) is 13.0. The number of fused-ring (bicyclic) bond motifs is 5. The third kappa shape index (κ3) is 4.30. The molecule has 0 aromatic heterocycles. The van der Waals surface area contributed by atoms with Crippen LogP contribution in [0.3, 0.4) is 0 Å². The van der Waals surface area contributed by atoms with Gasteiger partial charge in [-0.15, -0.1) is 0 Å². The zero-order valence-electron chi connectivity index (χ0n) is 25.3. The first-order chi connectivity index (χ1) is 22.8. The molecule has 9 aromatic rings. The van der Waals surface area contributed by atoms with Gasteiger partial charge >= 0.3 is 0 Å². The summed E-state index contributed by atoms with van der Waals surface area (Å²) in [6.07, 6.45) is 0. The highest BCUT2D eigenvalue weighted by Gasteiger charge is 2.18. The monoisotopic (exact) mass is 582 g/mol. The third-order valence-electron chi connectivity index (χ3n) is 9.44. The molecule has 0 aliphatic carbocycles. The van der Waals surface area contributed by atoms with Crippen molar-refractivity contribution in [2.75, 3.05) is 0 Å². The topological polar surface area (TPSA) is 0 Å². The smallest absolute Gasteiger partial charge is 0.00261 e. The molecule has 0 fully saturated rings. The molecule has 0 bridgehead atoms. The van der Waals surface area contributed by atoms with Gasteiger partial charge in [0.05, 0.1) is 0 Å². The minimum atomic E-state index is 1.22. The van der Waals surface area contributed by atoms with E-state index < -0.39 is 0 Å². The highest BCUT2D eigenvalue weighted by Crippen LogP contribution is 2.46. The minimum Gasteiger partial charge on any atom is -0.0622 e. The van der Waals surface area contributed by atoms with Gasteiger partial charge in [0, 0.05) is 0 Å². The lowest BCUT2D eigenvalue weighted by molar-refractivity contribution is 1.58. The lowest BCUT2D eigenvalue weighted by Gasteiger charge is -2.19. The maximum atomic E-state index is 2.40. The van der Waals surface area contributed by atoms with E-state index in [0.717, 1.165) is 0 Å². The van der Waals surface area contributed by atoms with E-state index >= 15 is 0 Å². The van der Waals surface area contributed by atoms with Gasteiger partial charge in [0.15, 0.2) is 0 Å². The van der Waals surface area contributed by atoms with Gasteiger partial charge in [0.25, 0.3) is 0 Å². The lowest BCUT2D eigenvalue weighted by atomic mass is 9.84. The van der Waals surface area contributed by atoms with E-state index in [1.807, 2.05) is 0 Å². The van der Waals surface area contributed by atoms with Crippen LogP contribution in [-0.4, -0.2) is 0 Å². The molecule has 0 heterocycles. The molecule has 0 saturated carbocycles. The van der Waals surface area contributed by atoms with Crippen molar-refractivity contribution < 1.29 is 0 Å². The molecule has 0 aliphatic rings. The van der Waals surface area contributed by atoms with E-state index in [1.165, 1.54) is 87.6 Å². The molecule has 9 rings (SSSR count). The fraction of sp³-hybridized carbons (Fsp3) is 0. The largest absolute Gasteiger partial charge is 0.0622 e. The maximum absolute atomic E-state index is 2.40. The average Bonchev–Trinajstić information content (AvgIpc) is 3.14. The van der Waals surface area contributed by atoms with E-state index in [1.54, 1.807) is 0 Å². The van der Waals surface area contributed by atoms with Crippen LogP contribution in [-0.2, 0) is 0 Å².